The highest BCUT2D eigenvalue weighted by atomic mass is 35.5. The Morgan fingerprint density at radius 2 is 1.78 bits per heavy atom. The minimum absolute atomic E-state index is 0.0425. The Morgan fingerprint density at radius 3 is 2.44 bits per heavy atom. The molecule has 1 aliphatic rings. The van der Waals surface area contributed by atoms with E-state index in [9.17, 15) is 24.5 Å². The molecule has 0 saturated carbocycles. The van der Waals surface area contributed by atoms with Gasteiger partial charge in [0, 0.05) is 16.7 Å². The van der Waals surface area contributed by atoms with Crippen molar-refractivity contribution in [1.29, 1.82) is 0 Å². The summed E-state index contributed by atoms with van der Waals surface area (Å²) in [4.78, 5) is 49.5. The number of fused-ring (bicyclic) bond motifs is 1. The average molecular weight is 452 g/mol. The second kappa shape index (κ2) is 8.12. The quantitative estimate of drug-likeness (QED) is 0.350. The van der Waals surface area contributed by atoms with E-state index in [1.165, 1.54) is 49.6 Å². The Hall–Kier alpha value is -4.24. The highest BCUT2D eigenvalue weighted by molar-refractivity contribution is 6.35. The van der Waals surface area contributed by atoms with E-state index in [1.54, 1.807) is 18.2 Å². The van der Waals surface area contributed by atoms with Gasteiger partial charge in [-0.1, -0.05) is 17.7 Å². The van der Waals surface area contributed by atoms with Crippen molar-refractivity contribution in [1.82, 2.24) is 0 Å². The number of nitro benzene ring substituents is 1. The predicted octanol–water partition coefficient (Wildman–Crippen LogP) is 4.31. The van der Waals surface area contributed by atoms with Crippen molar-refractivity contribution in [3.8, 4) is 5.75 Å². The maximum atomic E-state index is 12.8. The second-order valence-electron chi connectivity index (χ2n) is 6.75. The molecule has 160 valence electrons. The zero-order valence-corrected chi connectivity index (χ0v) is 17.3. The van der Waals surface area contributed by atoms with Crippen molar-refractivity contribution in [2.45, 2.75) is 0 Å². The second-order valence-corrected chi connectivity index (χ2v) is 7.18. The third-order valence-corrected chi connectivity index (χ3v) is 5.12. The average Bonchev–Trinajstić information content (AvgIpc) is 3.04. The third-order valence-electron chi connectivity index (χ3n) is 4.89. The first-order valence-corrected chi connectivity index (χ1v) is 9.60. The molecular formula is C22H14ClN3O6. The van der Waals surface area contributed by atoms with Crippen LogP contribution in [0.25, 0.3) is 0 Å². The standard InChI is InChI=1S/C22H14ClN3O6/c1-32-18-10-7-13(23)11-16(18)24-20(27)12-5-8-14(9-6-12)25-21(28)15-3-2-4-17(26(30)31)19(15)22(25)29/h2-11H,1H3,(H,24,27). The number of methoxy groups -OCH3 is 1. The minimum Gasteiger partial charge on any atom is -0.495 e. The first kappa shape index (κ1) is 21.0. The maximum Gasteiger partial charge on any atom is 0.283 e. The molecule has 0 atom stereocenters. The lowest BCUT2D eigenvalue weighted by Gasteiger charge is -2.14. The Kier molecular flexibility index (Phi) is 5.33. The number of amides is 3. The smallest absolute Gasteiger partial charge is 0.283 e. The van der Waals surface area contributed by atoms with Crippen LogP contribution >= 0.6 is 11.6 Å². The van der Waals surface area contributed by atoms with Crippen LogP contribution in [0.3, 0.4) is 0 Å². The summed E-state index contributed by atoms with van der Waals surface area (Å²) >= 11 is 5.97. The van der Waals surface area contributed by atoms with Crippen molar-refractivity contribution in [2.24, 2.45) is 0 Å². The number of nitrogens with zero attached hydrogens (tertiary/aromatic N) is 2. The van der Waals surface area contributed by atoms with Crippen LogP contribution in [0.1, 0.15) is 31.1 Å². The van der Waals surface area contributed by atoms with Gasteiger partial charge < -0.3 is 10.1 Å². The van der Waals surface area contributed by atoms with E-state index >= 15 is 0 Å². The summed E-state index contributed by atoms with van der Waals surface area (Å²) < 4.78 is 5.20. The molecule has 3 amide bonds. The fourth-order valence-electron chi connectivity index (χ4n) is 3.39. The summed E-state index contributed by atoms with van der Waals surface area (Å²) in [6, 6.07) is 14.4. The number of ether oxygens (including phenoxy) is 1. The molecule has 1 N–H and O–H groups in total. The maximum absolute atomic E-state index is 12.8. The van der Waals surface area contributed by atoms with Crippen molar-refractivity contribution < 1.29 is 24.0 Å². The van der Waals surface area contributed by atoms with Gasteiger partial charge >= 0.3 is 0 Å². The number of carbonyl (C=O) groups excluding carboxylic acids is 3. The number of nitrogens with one attached hydrogen (secondary N) is 1. The molecule has 1 heterocycles. The lowest BCUT2D eigenvalue weighted by molar-refractivity contribution is -0.385. The Morgan fingerprint density at radius 1 is 1.06 bits per heavy atom. The third kappa shape index (κ3) is 3.54. The van der Waals surface area contributed by atoms with Crippen LogP contribution in [0, 0.1) is 10.1 Å². The Bertz CT molecular complexity index is 1290. The van der Waals surface area contributed by atoms with Gasteiger partial charge in [0.1, 0.15) is 11.3 Å². The monoisotopic (exact) mass is 451 g/mol. The zero-order chi connectivity index (χ0) is 23.0. The van der Waals surface area contributed by atoms with Crippen LogP contribution in [0.5, 0.6) is 5.75 Å². The fraction of sp³-hybridized carbons (Fsp3) is 0.0455. The van der Waals surface area contributed by atoms with Gasteiger partial charge in [-0.15, -0.1) is 0 Å². The van der Waals surface area contributed by atoms with E-state index < -0.39 is 28.3 Å². The number of halogens is 1. The summed E-state index contributed by atoms with van der Waals surface area (Å²) in [5, 5.41) is 14.4. The number of hydrogen-bond donors (Lipinski definition) is 1. The summed E-state index contributed by atoms with van der Waals surface area (Å²) in [7, 11) is 1.46. The lowest BCUT2D eigenvalue weighted by Crippen LogP contribution is -2.29. The summed E-state index contributed by atoms with van der Waals surface area (Å²) in [5.41, 5.74) is 0.0775. The van der Waals surface area contributed by atoms with Crippen LogP contribution < -0.4 is 15.0 Å². The lowest BCUT2D eigenvalue weighted by atomic mass is 10.1. The molecule has 0 spiro atoms. The van der Waals surface area contributed by atoms with E-state index in [-0.39, 0.29) is 22.4 Å². The van der Waals surface area contributed by atoms with Gasteiger partial charge in [0.15, 0.2) is 0 Å². The Labute approximate surface area is 186 Å². The summed E-state index contributed by atoms with van der Waals surface area (Å²) in [5.74, 6) is -1.50. The van der Waals surface area contributed by atoms with Crippen LogP contribution in [0.15, 0.2) is 60.7 Å². The molecule has 9 nitrogen and oxygen atoms in total. The van der Waals surface area contributed by atoms with Gasteiger partial charge in [-0.25, -0.2) is 4.90 Å². The van der Waals surface area contributed by atoms with Crippen LogP contribution in [-0.4, -0.2) is 29.8 Å². The minimum atomic E-state index is -0.793. The summed E-state index contributed by atoms with van der Waals surface area (Å²) in [6.45, 7) is 0. The highest BCUT2D eigenvalue weighted by Crippen LogP contribution is 2.34. The molecule has 0 fully saturated rings. The number of nitro groups is 1. The van der Waals surface area contributed by atoms with Gasteiger partial charge in [-0.05, 0) is 48.5 Å². The van der Waals surface area contributed by atoms with Gasteiger partial charge in [0.2, 0.25) is 0 Å². The number of anilines is 2. The van der Waals surface area contributed by atoms with Crippen molar-refractivity contribution >= 4 is 46.4 Å². The molecule has 3 aromatic carbocycles. The normalized spacial score (nSPS) is 12.5. The van der Waals surface area contributed by atoms with E-state index in [2.05, 4.69) is 5.32 Å². The molecule has 0 radical (unpaired) electrons. The fourth-order valence-corrected chi connectivity index (χ4v) is 3.56. The van der Waals surface area contributed by atoms with Crippen LogP contribution in [-0.2, 0) is 0 Å². The molecule has 0 bridgehead atoms. The number of imide groups is 1. The van der Waals surface area contributed by atoms with Gasteiger partial charge in [-0.3, -0.25) is 24.5 Å². The molecule has 10 heteroatoms. The van der Waals surface area contributed by atoms with Crippen molar-refractivity contribution in [2.75, 3.05) is 17.3 Å². The van der Waals surface area contributed by atoms with Crippen LogP contribution in [0.2, 0.25) is 5.02 Å². The number of hydrogen-bond acceptors (Lipinski definition) is 6. The van der Waals surface area contributed by atoms with Crippen molar-refractivity contribution in [3.63, 3.8) is 0 Å². The number of carbonyl (C=O) groups is 3. The number of rotatable bonds is 5. The molecule has 4 rings (SSSR count). The first-order chi connectivity index (χ1) is 15.3. The molecule has 3 aromatic rings. The van der Waals surface area contributed by atoms with Crippen LogP contribution in [0.4, 0.5) is 17.1 Å². The first-order valence-electron chi connectivity index (χ1n) is 9.23. The highest BCUT2D eigenvalue weighted by Gasteiger charge is 2.41. The predicted molar refractivity (Wildman–Crippen MR) is 117 cm³/mol. The van der Waals surface area contributed by atoms with Gasteiger partial charge in [0.05, 0.1) is 29.0 Å². The molecule has 1 aliphatic heterocycles. The molecule has 0 aliphatic carbocycles. The summed E-state index contributed by atoms with van der Waals surface area (Å²) in [6.07, 6.45) is 0. The largest absolute Gasteiger partial charge is 0.495 e. The molecule has 0 saturated heterocycles. The molecular weight excluding hydrogens is 438 g/mol. The van der Waals surface area contributed by atoms with E-state index in [4.69, 9.17) is 16.3 Å². The van der Waals surface area contributed by atoms with E-state index in [0.29, 0.717) is 16.5 Å². The van der Waals surface area contributed by atoms with Gasteiger partial charge in [-0.2, -0.15) is 0 Å². The molecule has 0 aromatic heterocycles. The molecule has 32 heavy (non-hydrogen) atoms. The van der Waals surface area contributed by atoms with Gasteiger partial charge in [0.25, 0.3) is 23.4 Å². The van der Waals surface area contributed by atoms with E-state index in [1.807, 2.05) is 0 Å². The zero-order valence-electron chi connectivity index (χ0n) is 16.5. The topological polar surface area (TPSA) is 119 Å². The SMILES string of the molecule is COc1ccc(Cl)cc1NC(=O)c1ccc(N2C(=O)c3cccc([N+](=O)[O-])c3C2=O)cc1. The molecule has 0 unspecified atom stereocenters. The van der Waals surface area contributed by atoms with E-state index in [0.717, 1.165) is 4.90 Å². The van der Waals surface area contributed by atoms with Crippen molar-refractivity contribution in [3.05, 3.63) is 92.5 Å². The Balaban J connectivity index is 1.60. The number of benzene rings is 3.